The minimum absolute atomic E-state index is 0.250. The lowest BCUT2D eigenvalue weighted by atomic mass is 10.1. The zero-order chi connectivity index (χ0) is 14.5. The Morgan fingerprint density at radius 1 is 1.35 bits per heavy atom. The van der Waals surface area contributed by atoms with E-state index < -0.39 is 0 Å². The molecule has 2 atom stereocenters. The van der Waals surface area contributed by atoms with E-state index in [1.807, 2.05) is 0 Å². The summed E-state index contributed by atoms with van der Waals surface area (Å²) in [5, 5.41) is 3.30. The number of morpholine rings is 1. The van der Waals surface area contributed by atoms with Gasteiger partial charge in [0.05, 0.1) is 18.8 Å². The molecule has 1 saturated heterocycles. The first-order valence-corrected chi connectivity index (χ1v) is 7.67. The van der Waals surface area contributed by atoms with E-state index in [0.717, 1.165) is 50.0 Å². The van der Waals surface area contributed by atoms with Crippen LogP contribution in [0.4, 0.5) is 11.6 Å². The lowest BCUT2D eigenvalue weighted by Crippen LogP contribution is -2.49. The Balaban J connectivity index is 2.30. The number of nitrogens with one attached hydrogen (secondary N) is 1. The highest BCUT2D eigenvalue weighted by Crippen LogP contribution is 2.24. The molecule has 5 nitrogen and oxygen atoms in total. The molecule has 1 aromatic rings. The monoisotopic (exact) mass is 278 g/mol. The van der Waals surface area contributed by atoms with Gasteiger partial charge >= 0.3 is 0 Å². The van der Waals surface area contributed by atoms with Gasteiger partial charge in [0.25, 0.3) is 0 Å². The molecule has 2 rings (SSSR count). The van der Waals surface area contributed by atoms with Gasteiger partial charge in [-0.1, -0.05) is 13.8 Å². The summed E-state index contributed by atoms with van der Waals surface area (Å²) in [6.07, 6.45) is 2.16. The molecule has 0 amide bonds. The predicted molar refractivity (Wildman–Crippen MR) is 82.4 cm³/mol. The number of rotatable bonds is 5. The molecule has 0 bridgehead atoms. The van der Waals surface area contributed by atoms with Gasteiger partial charge in [-0.3, -0.25) is 0 Å². The van der Waals surface area contributed by atoms with Gasteiger partial charge in [0.15, 0.2) is 0 Å². The topological polar surface area (TPSA) is 50.3 Å². The van der Waals surface area contributed by atoms with Crippen LogP contribution in [0.25, 0.3) is 0 Å². The van der Waals surface area contributed by atoms with Gasteiger partial charge < -0.3 is 15.0 Å². The van der Waals surface area contributed by atoms with E-state index >= 15 is 0 Å². The fourth-order valence-electron chi connectivity index (χ4n) is 2.52. The molecule has 1 aliphatic heterocycles. The van der Waals surface area contributed by atoms with E-state index in [-0.39, 0.29) is 6.10 Å². The molecule has 0 spiro atoms. The number of ether oxygens (including phenoxy) is 1. The number of aryl methyl sites for hydroxylation is 1. The Bertz CT molecular complexity index is 438. The van der Waals surface area contributed by atoms with Crippen molar-refractivity contribution < 1.29 is 4.74 Å². The molecule has 0 saturated carbocycles. The molecule has 2 heterocycles. The highest BCUT2D eigenvalue weighted by Gasteiger charge is 2.27. The quantitative estimate of drug-likeness (QED) is 0.896. The maximum atomic E-state index is 5.77. The predicted octanol–water partition coefficient (Wildman–Crippen LogP) is 2.47. The van der Waals surface area contributed by atoms with Crippen LogP contribution < -0.4 is 10.2 Å². The normalized spacial score (nSPS) is 22.9. The first kappa shape index (κ1) is 15.0. The largest absolute Gasteiger partial charge is 0.375 e. The number of nitrogens with zero attached hydrogens (tertiary/aromatic N) is 3. The summed E-state index contributed by atoms with van der Waals surface area (Å²) in [6.45, 7) is 11.0. The highest BCUT2D eigenvalue weighted by atomic mass is 16.5. The lowest BCUT2D eigenvalue weighted by molar-refractivity contribution is 0.0296. The molecule has 1 fully saturated rings. The van der Waals surface area contributed by atoms with Gasteiger partial charge in [0.2, 0.25) is 0 Å². The van der Waals surface area contributed by atoms with E-state index in [1.165, 1.54) is 0 Å². The fourth-order valence-corrected chi connectivity index (χ4v) is 2.52. The van der Waals surface area contributed by atoms with Gasteiger partial charge in [0.1, 0.15) is 17.5 Å². The van der Waals surface area contributed by atoms with Gasteiger partial charge in [-0.05, 0) is 20.3 Å². The summed E-state index contributed by atoms with van der Waals surface area (Å²) in [5.41, 5.74) is 0. The van der Waals surface area contributed by atoms with Crippen molar-refractivity contribution in [3.8, 4) is 0 Å². The van der Waals surface area contributed by atoms with Crippen LogP contribution in [0, 0.1) is 0 Å². The minimum Gasteiger partial charge on any atom is -0.375 e. The van der Waals surface area contributed by atoms with Crippen LogP contribution in [0.1, 0.15) is 39.9 Å². The molecule has 1 aliphatic rings. The maximum Gasteiger partial charge on any atom is 0.134 e. The molecule has 0 aliphatic carbocycles. The molecule has 5 heteroatoms. The van der Waals surface area contributed by atoms with Crippen LogP contribution in [-0.2, 0) is 11.2 Å². The Labute approximate surface area is 121 Å². The summed E-state index contributed by atoms with van der Waals surface area (Å²) in [4.78, 5) is 11.6. The van der Waals surface area contributed by atoms with Crippen molar-refractivity contribution in [1.29, 1.82) is 0 Å². The van der Waals surface area contributed by atoms with Crippen molar-refractivity contribution in [3.63, 3.8) is 0 Å². The summed E-state index contributed by atoms with van der Waals surface area (Å²) < 4.78 is 5.77. The molecule has 112 valence electrons. The van der Waals surface area contributed by atoms with E-state index in [1.54, 1.807) is 0 Å². The summed E-state index contributed by atoms with van der Waals surface area (Å²) in [6, 6.07) is 2.46. The van der Waals surface area contributed by atoms with E-state index in [4.69, 9.17) is 9.72 Å². The van der Waals surface area contributed by atoms with Crippen LogP contribution in [0.15, 0.2) is 6.07 Å². The molecule has 2 unspecified atom stereocenters. The third kappa shape index (κ3) is 3.39. The molecule has 1 N–H and O–H groups in total. The van der Waals surface area contributed by atoms with E-state index in [9.17, 15) is 0 Å². The number of hydrogen-bond acceptors (Lipinski definition) is 5. The van der Waals surface area contributed by atoms with Crippen molar-refractivity contribution in [3.05, 3.63) is 11.9 Å². The molecule has 1 aromatic heterocycles. The highest BCUT2D eigenvalue weighted by molar-refractivity contribution is 5.50. The Kier molecular flexibility index (Phi) is 5.17. The average Bonchev–Trinajstić information content (AvgIpc) is 2.47. The zero-order valence-electron chi connectivity index (χ0n) is 13.0. The smallest absolute Gasteiger partial charge is 0.134 e. The second kappa shape index (κ2) is 6.88. The number of anilines is 2. The van der Waals surface area contributed by atoms with Gasteiger partial charge in [-0.2, -0.15) is 0 Å². The lowest BCUT2D eigenvalue weighted by Gasteiger charge is -2.39. The third-order valence-electron chi connectivity index (χ3n) is 3.67. The van der Waals surface area contributed by atoms with E-state index in [0.29, 0.717) is 6.04 Å². The van der Waals surface area contributed by atoms with Crippen molar-refractivity contribution in [2.45, 2.75) is 52.7 Å². The summed E-state index contributed by atoms with van der Waals surface area (Å²) in [5.74, 6) is 2.84. The second-order valence-corrected chi connectivity index (χ2v) is 5.27. The van der Waals surface area contributed by atoms with Crippen molar-refractivity contribution in [1.82, 2.24) is 9.97 Å². The van der Waals surface area contributed by atoms with Crippen LogP contribution in [0.5, 0.6) is 0 Å². The summed E-state index contributed by atoms with van der Waals surface area (Å²) in [7, 11) is 0. The van der Waals surface area contributed by atoms with Crippen LogP contribution in [0.3, 0.4) is 0 Å². The van der Waals surface area contributed by atoms with Gasteiger partial charge in [-0.25, -0.2) is 9.97 Å². The first-order chi connectivity index (χ1) is 9.67. The van der Waals surface area contributed by atoms with Gasteiger partial charge in [-0.15, -0.1) is 0 Å². The molecule has 20 heavy (non-hydrogen) atoms. The molecule has 0 aromatic carbocycles. The molecular formula is C15H26N4O. The SMILES string of the molecule is CCNc1cc(N2CC(C)OCC2CC)nc(CC)n1. The Morgan fingerprint density at radius 3 is 2.80 bits per heavy atom. The van der Waals surface area contributed by atoms with Crippen molar-refractivity contribution in [2.24, 2.45) is 0 Å². The number of hydrogen-bond donors (Lipinski definition) is 1. The van der Waals surface area contributed by atoms with Crippen molar-refractivity contribution >= 4 is 11.6 Å². The standard InChI is InChI=1S/C15H26N4O/c1-5-12-10-20-11(4)9-19(12)15-8-14(16-7-3)17-13(6-2)18-15/h8,11-12H,5-7,9-10H2,1-4H3,(H,16,17,18). The van der Waals surface area contributed by atoms with E-state index in [2.05, 4.69) is 49.0 Å². The summed E-state index contributed by atoms with van der Waals surface area (Å²) >= 11 is 0. The maximum absolute atomic E-state index is 5.77. The van der Waals surface area contributed by atoms with Crippen LogP contribution >= 0.6 is 0 Å². The Morgan fingerprint density at radius 2 is 2.15 bits per heavy atom. The number of aromatic nitrogens is 2. The first-order valence-electron chi connectivity index (χ1n) is 7.67. The van der Waals surface area contributed by atoms with Crippen molar-refractivity contribution in [2.75, 3.05) is 29.9 Å². The molecular weight excluding hydrogens is 252 g/mol. The second-order valence-electron chi connectivity index (χ2n) is 5.27. The third-order valence-corrected chi connectivity index (χ3v) is 3.67. The average molecular weight is 278 g/mol. The van der Waals surface area contributed by atoms with Crippen LogP contribution in [0.2, 0.25) is 0 Å². The van der Waals surface area contributed by atoms with Crippen LogP contribution in [-0.4, -0.2) is 41.8 Å². The Hall–Kier alpha value is -1.36. The fraction of sp³-hybridized carbons (Fsp3) is 0.733. The minimum atomic E-state index is 0.250. The van der Waals surface area contributed by atoms with Gasteiger partial charge in [0, 0.05) is 25.6 Å². The molecule has 0 radical (unpaired) electrons. The zero-order valence-corrected chi connectivity index (χ0v) is 13.0.